The summed E-state index contributed by atoms with van der Waals surface area (Å²) >= 11 is 3.06. The van der Waals surface area contributed by atoms with Gasteiger partial charge in [-0.3, -0.25) is 4.79 Å². The van der Waals surface area contributed by atoms with E-state index in [1.54, 1.807) is 19.1 Å². The molecule has 0 radical (unpaired) electrons. The lowest BCUT2D eigenvalue weighted by Crippen LogP contribution is -2.40. The SMILES string of the molecule is C#CCN(C(=O)C(C)Br)S(=O)(=O)c1ccc(C)cc1. The molecule has 1 rings (SSSR count). The topological polar surface area (TPSA) is 54.5 Å². The highest BCUT2D eigenvalue weighted by molar-refractivity contribution is 9.10. The molecule has 0 aliphatic heterocycles. The lowest BCUT2D eigenvalue weighted by molar-refractivity contribution is -0.125. The van der Waals surface area contributed by atoms with Crippen LogP contribution in [0.25, 0.3) is 0 Å². The molecule has 1 amide bonds. The molecule has 19 heavy (non-hydrogen) atoms. The third-order valence-corrected chi connectivity index (χ3v) is 4.58. The fraction of sp³-hybridized carbons (Fsp3) is 0.308. The van der Waals surface area contributed by atoms with Crippen LogP contribution < -0.4 is 0 Å². The summed E-state index contributed by atoms with van der Waals surface area (Å²) in [5.74, 6) is 1.61. The van der Waals surface area contributed by atoms with Gasteiger partial charge in [-0.1, -0.05) is 39.5 Å². The Bertz CT molecular complexity index is 600. The number of hydrogen-bond donors (Lipinski definition) is 0. The largest absolute Gasteiger partial charge is 0.272 e. The lowest BCUT2D eigenvalue weighted by atomic mass is 10.2. The second-order valence-corrected chi connectivity index (χ2v) is 7.22. The van der Waals surface area contributed by atoms with Crippen LogP contribution in [-0.2, 0) is 14.8 Å². The first-order chi connectivity index (χ1) is 8.80. The molecule has 0 aliphatic rings. The van der Waals surface area contributed by atoms with E-state index in [-0.39, 0.29) is 11.4 Å². The van der Waals surface area contributed by atoms with Crippen molar-refractivity contribution in [3.63, 3.8) is 0 Å². The van der Waals surface area contributed by atoms with Gasteiger partial charge in [-0.05, 0) is 26.0 Å². The Hall–Kier alpha value is -1.32. The van der Waals surface area contributed by atoms with E-state index in [0.29, 0.717) is 4.31 Å². The summed E-state index contributed by atoms with van der Waals surface area (Å²) in [7, 11) is -3.91. The molecule has 1 atom stereocenters. The minimum absolute atomic E-state index is 0.0508. The Labute approximate surface area is 122 Å². The Kier molecular flexibility index (Phi) is 5.15. The average Bonchev–Trinajstić information content (AvgIpc) is 2.35. The molecule has 0 aliphatic carbocycles. The van der Waals surface area contributed by atoms with Gasteiger partial charge < -0.3 is 0 Å². The molecule has 0 saturated heterocycles. The summed E-state index contributed by atoms with van der Waals surface area (Å²) in [5.41, 5.74) is 0.933. The number of sulfonamides is 1. The smallest absolute Gasteiger partial charge is 0.267 e. The van der Waals surface area contributed by atoms with E-state index in [1.807, 2.05) is 6.92 Å². The van der Waals surface area contributed by atoms with Crippen molar-refractivity contribution in [1.82, 2.24) is 4.31 Å². The number of aryl methyl sites for hydroxylation is 1. The molecular formula is C13H14BrNO3S. The number of carbonyl (C=O) groups is 1. The fourth-order valence-corrected chi connectivity index (χ4v) is 3.16. The fourth-order valence-electron chi connectivity index (χ4n) is 1.40. The van der Waals surface area contributed by atoms with Gasteiger partial charge in [0.25, 0.3) is 15.9 Å². The normalized spacial score (nSPS) is 12.5. The summed E-state index contributed by atoms with van der Waals surface area (Å²) in [6.45, 7) is 3.11. The van der Waals surface area contributed by atoms with Crippen LogP contribution in [0.5, 0.6) is 0 Å². The molecule has 0 N–H and O–H groups in total. The van der Waals surface area contributed by atoms with Gasteiger partial charge in [0, 0.05) is 0 Å². The Morgan fingerprint density at radius 3 is 2.37 bits per heavy atom. The third-order valence-electron chi connectivity index (χ3n) is 2.43. The number of carbonyl (C=O) groups excluding carboxylic acids is 1. The molecule has 1 unspecified atom stereocenters. The summed E-state index contributed by atoms with van der Waals surface area (Å²) in [6, 6.07) is 6.26. The number of benzene rings is 1. The first-order valence-electron chi connectivity index (χ1n) is 5.51. The van der Waals surface area contributed by atoms with E-state index in [1.165, 1.54) is 12.1 Å². The van der Waals surface area contributed by atoms with Crippen LogP contribution in [0, 0.1) is 19.3 Å². The van der Waals surface area contributed by atoms with Crippen LogP contribution in [0.15, 0.2) is 29.2 Å². The van der Waals surface area contributed by atoms with Crippen molar-refractivity contribution in [3.8, 4) is 12.3 Å². The summed E-state index contributed by atoms with van der Waals surface area (Å²) in [6.07, 6.45) is 5.14. The van der Waals surface area contributed by atoms with Gasteiger partial charge in [0.15, 0.2) is 0 Å². The minimum atomic E-state index is -3.91. The third kappa shape index (κ3) is 3.58. The van der Waals surface area contributed by atoms with E-state index in [0.717, 1.165) is 5.56 Å². The Balaban J connectivity index is 3.25. The highest BCUT2D eigenvalue weighted by atomic mass is 79.9. The predicted molar refractivity (Wildman–Crippen MR) is 77.3 cm³/mol. The van der Waals surface area contributed by atoms with E-state index in [2.05, 4.69) is 21.9 Å². The Morgan fingerprint density at radius 1 is 1.42 bits per heavy atom. The second kappa shape index (κ2) is 6.22. The molecule has 6 heteroatoms. The van der Waals surface area contributed by atoms with E-state index < -0.39 is 20.8 Å². The number of alkyl halides is 1. The minimum Gasteiger partial charge on any atom is -0.272 e. The van der Waals surface area contributed by atoms with Gasteiger partial charge >= 0.3 is 0 Å². The summed E-state index contributed by atoms with van der Waals surface area (Å²) in [4.78, 5) is 11.4. The molecule has 1 aromatic rings. The van der Waals surface area contributed by atoms with Crippen molar-refractivity contribution >= 4 is 31.9 Å². The maximum Gasteiger partial charge on any atom is 0.267 e. The van der Waals surface area contributed by atoms with Crippen molar-refractivity contribution in [2.24, 2.45) is 0 Å². The van der Waals surface area contributed by atoms with Crippen LogP contribution in [-0.4, -0.2) is 30.0 Å². The lowest BCUT2D eigenvalue weighted by Gasteiger charge is -2.21. The zero-order valence-corrected chi connectivity index (χ0v) is 13.0. The van der Waals surface area contributed by atoms with Crippen LogP contribution in [0.4, 0.5) is 0 Å². The number of nitrogens with zero attached hydrogens (tertiary/aromatic N) is 1. The molecule has 4 nitrogen and oxygen atoms in total. The van der Waals surface area contributed by atoms with Gasteiger partial charge in [0.2, 0.25) is 0 Å². The zero-order chi connectivity index (χ0) is 14.6. The zero-order valence-electron chi connectivity index (χ0n) is 10.6. The maximum atomic E-state index is 12.4. The van der Waals surface area contributed by atoms with Crippen LogP contribution in [0.3, 0.4) is 0 Å². The van der Waals surface area contributed by atoms with E-state index >= 15 is 0 Å². The van der Waals surface area contributed by atoms with Crippen LogP contribution >= 0.6 is 15.9 Å². The molecule has 0 heterocycles. The molecule has 102 valence electrons. The van der Waals surface area contributed by atoms with Gasteiger partial charge in [-0.25, -0.2) is 12.7 Å². The van der Waals surface area contributed by atoms with Gasteiger partial charge in [-0.15, -0.1) is 6.42 Å². The van der Waals surface area contributed by atoms with Crippen LogP contribution in [0.2, 0.25) is 0 Å². The average molecular weight is 344 g/mol. The summed E-state index contributed by atoms with van der Waals surface area (Å²) < 4.78 is 25.4. The number of terminal acetylenes is 1. The van der Waals surface area contributed by atoms with Crippen molar-refractivity contribution in [2.75, 3.05) is 6.54 Å². The van der Waals surface area contributed by atoms with Crippen LogP contribution in [0.1, 0.15) is 12.5 Å². The first kappa shape index (κ1) is 15.7. The van der Waals surface area contributed by atoms with Crippen molar-refractivity contribution in [3.05, 3.63) is 29.8 Å². The quantitative estimate of drug-likeness (QED) is 0.620. The Morgan fingerprint density at radius 2 is 1.95 bits per heavy atom. The molecule has 0 saturated carbocycles. The number of rotatable bonds is 4. The number of hydrogen-bond acceptors (Lipinski definition) is 3. The first-order valence-corrected chi connectivity index (χ1v) is 7.87. The maximum absolute atomic E-state index is 12.4. The predicted octanol–water partition coefficient (Wildman–Crippen LogP) is 1.93. The van der Waals surface area contributed by atoms with Crippen molar-refractivity contribution in [2.45, 2.75) is 23.6 Å². The highest BCUT2D eigenvalue weighted by Crippen LogP contribution is 2.18. The molecule has 0 spiro atoms. The summed E-state index contributed by atoms with van der Waals surface area (Å²) in [5, 5.41) is 0. The number of halogens is 1. The van der Waals surface area contributed by atoms with Gasteiger partial charge in [0.1, 0.15) is 0 Å². The standard InChI is InChI=1S/C13H14BrNO3S/c1-4-9-15(13(16)11(3)14)19(17,18)12-7-5-10(2)6-8-12/h1,5-8,11H,9H2,2-3H3. The molecule has 1 aromatic carbocycles. The highest BCUT2D eigenvalue weighted by Gasteiger charge is 2.30. The van der Waals surface area contributed by atoms with Gasteiger partial charge in [-0.2, -0.15) is 0 Å². The molecule has 0 aromatic heterocycles. The van der Waals surface area contributed by atoms with E-state index in [9.17, 15) is 13.2 Å². The number of amides is 1. The second-order valence-electron chi connectivity index (χ2n) is 3.98. The molecular weight excluding hydrogens is 330 g/mol. The molecule has 0 fully saturated rings. The van der Waals surface area contributed by atoms with Crippen molar-refractivity contribution in [1.29, 1.82) is 0 Å². The monoisotopic (exact) mass is 343 g/mol. The molecule has 0 bridgehead atoms. The van der Waals surface area contributed by atoms with Crippen molar-refractivity contribution < 1.29 is 13.2 Å². The van der Waals surface area contributed by atoms with E-state index in [4.69, 9.17) is 6.42 Å². The van der Waals surface area contributed by atoms with Gasteiger partial charge in [0.05, 0.1) is 16.3 Å².